The molecule has 0 aliphatic carbocycles. The minimum atomic E-state index is 0.209. The van der Waals surface area contributed by atoms with Gasteiger partial charge in [-0.2, -0.15) is 4.98 Å². The fourth-order valence-corrected chi connectivity index (χ4v) is 2.97. The van der Waals surface area contributed by atoms with Gasteiger partial charge in [0.1, 0.15) is 0 Å². The van der Waals surface area contributed by atoms with Crippen LogP contribution in [0, 0.1) is 0 Å². The van der Waals surface area contributed by atoms with Gasteiger partial charge in [0.25, 0.3) is 0 Å². The van der Waals surface area contributed by atoms with Crippen LogP contribution in [0.4, 0.5) is 0 Å². The average molecular weight is 293 g/mol. The van der Waals surface area contributed by atoms with Crippen LogP contribution in [-0.4, -0.2) is 47.3 Å². The zero-order chi connectivity index (χ0) is 14.5. The maximum Gasteiger partial charge on any atom is 0.227 e. The predicted molar refractivity (Wildman–Crippen MR) is 75.8 cm³/mol. The Kier molecular flexibility index (Phi) is 4.85. The Hall–Kier alpha value is -1.43. The number of rotatable bonds is 4. The minimum absolute atomic E-state index is 0.209. The van der Waals surface area contributed by atoms with Gasteiger partial charge in [0.15, 0.2) is 5.82 Å². The Balaban J connectivity index is 1.48. The van der Waals surface area contributed by atoms with Crippen LogP contribution in [0.25, 0.3) is 0 Å². The number of hydrogen-bond acceptors (Lipinski definition) is 5. The molecule has 0 N–H and O–H groups in total. The highest BCUT2D eigenvalue weighted by atomic mass is 16.5. The third-order valence-electron chi connectivity index (χ3n) is 4.29. The van der Waals surface area contributed by atoms with Gasteiger partial charge >= 0.3 is 0 Å². The summed E-state index contributed by atoms with van der Waals surface area (Å²) in [6.07, 6.45) is 6.67. The first-order valence-corrected chi connectivity index (χ1v) is 8.01. The topological polar surface area (TPSA) is 68.5 Å². The van der Waals surface area contributed by atoms with Crippen LogP contribution in [-0.2, 0) is 16.0 Å². The van der Waals surface area contributed by atoms with Crippen LogP contribution < -0.4 is 0 Å². The Morgan fingerprint density at radius 1 is 1.24 bits per heavy atom. The number of ether oxygens (including phenoxy) is 1. The van der Waals surface area contributed by atoms with E-state index in [1.54, 1.807) is 0 Å². The summed E-state index contributed by atoms with van der Waals surface area (Å²) < 4.78 is 10.6. The van der Waals surface area contributed by atoms with Crippen molar-refractivity contribution in [2.24, 2.45) is 0 Å². The minimum Gasteiger partial charge on any atom is -0.381 e. The van der Waals surface area contributed by atoms with E-state index in [4.69, 9.17) is 9.26 Å². The SMILES string of the molecule is O=C(CCc1nc(C2CCOC2)no1)N1CCCCCC1. The van der Waals surface area contributed by atoms with E-state index >= 15 is 0 Å². The van der Waals surface area contributed by atoms with Crippen molar-refractivity contribution in [3.05, 3.63) is 11.7 Å². The molecule has 2 aliphatic rings. The number of amides is 1. The first-order valence-electron chi connectivity index (χ1n) is 8.01. The van der Waals surface area contributed by atoms with Crippen molar-refractivity contribution >= 4 is 5.91 Å². The monoisotopic (exact) mass is 293 g/mol. The van der Waals surface area contributed by atoms with E-state index in [0.717, 1.165) is 44.8 Å². The van der Waals surface area contributed by atoms with Crippen LogP contribution in [0.3, 0.4) is 0 Å². The summed E-state index contributed by atoms with van der Waals surface area (Å²) in [6.45, 7) is 3.23. The first kappa shape index (κ1) is 14.5. The van der Waals surface area contributed by atoms with E-state index in [2.05, 4.69) is 10.1 Å². The number of aromatic nitrogens is 2. The molecule has 0 radical (unpaired) electrons. The number of carbonyl (C=O) groups is 1. The molecule has 0 aromatic carbocycles. The van der Waals surface area contributed by atoms with Gasteiger partial charge in [0.05, 0.1) is 6.61 Å². The second kappa shape index (κ2) is 7.02. The average Bonchev–Trinajstić information content (AvgIpc) is 3.11. The molecule has 0 bridgehead atoms. The molecule has 6 heteroatoms. The van der Waals surface area contributed by atoms with Gasteiger partial charge in [0.2, 0.25) is 11.8 Å². The molecular weight excluding hydrogens is 270 g/mol. The van der Waals surface area contributed by atoms with Crippen molar-refractivity contribution in [3.8, 4) is 0 Å². The van der Waals surface area contributed by atoms with Crippen LogP contribution in [0.5, 0.6) is 0 Å². The van der Waals surface area contributed by atoms with E-state index in [1.807, 2.05) is 4.90 Å². The molecule has 0 spiro atoms. The molecule has 3 rings (SSSR count). The molecule has 1 amide bonds. The molecule has 1 unspecified atom stereocenters. The van der Waals surface area contributed by atoms with Crippen LogP contribution >= 0.6 is 0 Å². The third-order valence-corrected chi connectivity index (χ3v) is 4.29. The highest BCUT2D eigenvalue weighted by molar-refractivity contribution is 5.76. The summed E-state index contributed by atoms with van der Waals surface area (Å²) in [4.78, 5) is 18.6. The third kappa shape index (κ3) is 3.81. The van der Waals surface area contributed by atoms with E-state index in [0.29, 0.717) is 25.3 Å². The van der Waals surface area contributed by atoms with E-state index in [1.165, 1.54) is 12.8 Å². The lowest BCUT2D eigenvalue weighted by atomic mass is 10.1. The van der Waals surface area contributed by atoms with Gasteiger partial charge in [-0.25, -0.2) is 0 Å². The second-order valence-electron chi connectivity index (χ2n) is 5.90. The van der Waals surface area contributed by atoms with Crippen LogP contribution in [0.1, 0.15) is 56.2 Å². The molecule has 21 heavy (non-hydrogen) atoms. The van der Waals surface area contributed by atoms with E-state index < -0.39 is 0 Å². The van der Waals surface area contributed by atoms with Gasteiger partial charge in [-0.05, 0) is 19.3 Å². The summed E-state index contributed by atoms with van der Waals surface area (Å²) in [5, 5.41) is 4.01. The lowest BCUT2D eigenvalue weighted by Crippen LogP contribution is -2.31. The summed E-state index contributed by atoms with van der Waals surface area (Å²) in [5.74, 6) is 1.76. The largest absolute Gasteiger partial charge is 0.381 e. The molecule has 2 saturated heterocycles. The molecule has 2 fully saturated rings. The quantitative estimate of drug-likeness (QED) is 0.848. The summed E-state index contributed by atoms with van der Waals surface area (Å²) in [7, 11) is 0. The lowest BCUT2D eigenvalue weighted by Gasteiger charge is -2.19. The Morgan fingerprint density at radius 3 is 2.76 bits per heavy atom. The Morgan fingerprint density at radius 2 is 2.05 bits per heavy atom. The summed E-state index contributed by atoms with van der Waals surface area (Å²) in [5.41, 5.74) is 0. The predicted octanol–water partition coefficient (Wildman–Crippen LogP) is 1.91. The molecule has 1 atom stereocenters. The zero-order valence-electron chi connectivity index (χ0n) is 12.4. The van der Waals surface area contributed by atoms with Crippen molar-refractivity contribution in [1.29, 1.82) is 0 Å². The number of likely N-dealkylation sites (tertiary alicyclic amines) is 1. The molecule has 1 aromatic rings. The molecule has 1 aromatic heterocycles. The van der Waals surface area contributed by atoms with Crippen molar-refractivity contribution in [1.82, 2.24) is 15.0 Å². The number of hydrogen-bond donors (Lipinski definition) is 0. The Labute approximate surface area is 124 Å². The molecule has 6 nitrogen and oxygen atoms in total. The van der Waals surface area contributed by atoms with Gasteiger partial charge < -0.3 is 14.2 Å². The van der Waals surface area contributed by atoms with Crippen molar-refractivity contribution < 1.29 is 14.1 Å². The second-order valence-corrected chi connectivity index (χ2v) is 5.90. The maximum absolute atomic E-state index is 12.2. The number of carbonyl (C=O) groups excluding carboxylic acids is 1. The normalized spacial score (nSPS) is 23.2. The fraction of sp³-hybridized carbons (Fsp3) is 0.800. The number of nitrogens with zero attached hydrogens (tertiary/aromatic N) is 3. The molecule has 3 heterocycles. The summed E-state index contributed by atoms with van der Waals surface area (Å²) >= 11 is 0. The maximum atomic E-state index is 12.2. The van der Waals surface area contributed by atoms with Gasteiger partial charge in [-0.15, -0.1) is 0 Å². The standard InChI is InChI=1S/C15H23N3O3/c19-14(18-8-3-1-2-4-9-18)6-5-13-16-15(17-21-13)12-7-10-20-11-12/h12H,1-11H2. The van der Waals surface area contributed by atoms with Gasteiger partial charge in [-0.1, -0.05) is 18.0 Å². The highest BCUT2D eigenvalue weighted by Crippen LogP contribution is 2.22. The van der Waals surface area contributed by atoms with E-state index in [-0.39, 0.29) is 11.8 Å². The lowest BCUT2D eigenvalue weighted by molar-refractivity contribution is -0.131. The molecule has 2 aliphatic heterocycles. The molecule has 0 saturated carbocycles. The number of aryl methyl sites for hydroxylation is 1. The van der Waals surface area contributed by atoms with Crippen molar-refractivity contribution in [2.45, 2.75) is 50.9 Å². The Bertz CT molecular complexity index is 460. The zero-order valence-corrected chi connectivity index (χ0v) is 12.4. The van der Waals surface area contributed by atoms with E-state index in [9.17, 15) is 4.79 Å². The molecule has 116 valence electrons. The summed E-state index contributed by atoms with van der Waals surface area (Å²) in [6, 6.07) is 0. The van der Waals surface area contributed by atoms with Gasteiger partial charge in [0, 0.05) is 38.5 Å². The van der Waals surface area contributed by atoms with Crippen LogP contribution in [0.2, 0.25) is 0 Å². The highest BCUT2D eigenvalue weighted by Gasteiger charge is 2.23. The fourth-order valence-electron chi connectivity index (χ4n) is 2.97. The van der Waals surface area contributed by atoms with Crippen molar-refractivity contribution in [3.63, 3.8) is 0 Å². The van der Waals surface area contributed by atoms with Crippen LogP contribution in [0.15, 0.2) is 4.52 Å². The first-order chi connectivity index (χ1) is 10.3. The molecular formula is C15H23N3O3. The van der Waals surface area contributed by atoms with Gasteiger partial charge in [-0.3, -0.25) is 4.79 Å². The van der Waals surface area contributed by atoms with Crippen molar-refractivity contribution in [2.75, 3.05) is 26.3 Å². The smallest absolute Gasteiger partial charge is 0.227 e.